The van der Waals surface area contributed by atoms with Gasteiger partial charge >= 0.3 is 0 Å². The second-order valence-corrected chi connectivity index (χ2v) is 5.27. The number of nitrogens with one attached hydrogen (secondary N) is 1. The van der Waals surface area contributed by atoms with E-state index >= 15 is 0 Å². The number of aryl methyl sites for hydroxylation is 1. The number of benzene rings is 2. The highest BCUT2D eigenvalue weighted by molar-refractivity contribution is 5.18. The zero-order valence-corrected chi connectivity index (χ0v) is 12.4. The van der Waals surface area contributed by atoms with E-state index in [0.29, 0.717) is 6.04 Å². The fraction of sp³-hybridized carbons (Fsp3) is 0.368. The molecule has 0 aromatic heterocycles. The van der Waals surface area contributed by atoms with Crippen molar-refractivity contribution in [2.24, 2.45) is 0 Å². The van der Waals surface area contributed by atoms with Gasteiger partial charge in [0.05, 0.1) is 0 Å². The Morgan fingerprint density at radius 1 is 0.850 bits per heavy atom. The van der Waals surface area contributed by atoms with Crippen LogP contribution in [0, 0.1) is 0 Å². The van der Waals surface area contributed by atoms with Gasteiger partial charge < -0.3 is 5.32 Å². The van der Waals surface area contributed by atoms with Crippen molar-refractivity contribution in [3.63, 3.8) is 0 Å². The Morgan fingerprint density at radius 2 is 1.50 bits per heavy atom. The molecule has 20 heavy (non-hydrogen) atoms. The number of hydrogen-bond donors (Lipinski definition) is 1. The number of unbranched alkanes of at least 4 members (excludes halogenated alkanes) is 1. The summed E-state index contributed by atoms with van der Waals surface area (Å²) in [6.07, 6.45) is 4.81. The SMILES string of the molecule is CCC(NCCCCc1ccccc1)c1ccccc1. The van der Waals surface area contributed by atoms with Gasteiger partial charge in [-0.1, -0.05) is 67.6 Å². The third-order valence-corrected chi connectivity index (χ3v) is 3.74. The van der Waals surface area contributed by atoms with Gasteiger partial charge in [0, 0.05) is 6.04 Å². The summed E-state index contributed by atoms with van der Waals surface area (Å²) in [4.78, 5) is 0. The predicted octanol–water partition coefficient (Wildman–Crippen LogP) is 4.75. The van der Waals surface area contributed by atoms with Gasteiger partial charge in [0.15, 0.2) is 0 Å². The average Bonchev–Trinajstić information content (AvgIpc) is 2.53. The Kier molecular flexibility index (Phi) is 6.33. The summed E-state index contributed by atoms with van der Waals surface area (Å²) in [7, 11) is 0. The van der Waals surface area contributed by atoms with E-state index < -0.39 is 0 Å². The molecule has 0 saturated heterocycles. The van der Waals surface area contributed by atoms with E-state index in [0.717, 1.165) is 13.0 Å². The van der Waals surface area contributed by atoms with Crippen LogP contribution in [0.15, 0.2) is 60.7 Å². The fourth-order valence-electron chi connectivity index (χ4n) is 2.56. The Bertz CT molecular complexity index is 464. The predicted molar refractivity (Wildman–Crippen MR) is 86.9 cm³/mol. The average molecular weight is 267 g/mol. The lowest BCUT2D eigenvalue weighted by Crippen LogP contribution is -2.21. The second kappa shape index (κ2) is 8.55. The molecule has 2 aromatic rings. The first kappa shape index (κ1) is 14.8. The molecule has 0 amide bonds. The molecular formula is C19H25N. The van der Waals surface area contributed by atoms with Gasteiger partial charge in [-0.3, -0.25) is 0 Å². The first-order valence-corrected chi connectivity index (χ1v) is 7.72. The van der Waals surface area contributed by atoms with Crippen LogP contribution in [0.5, 0.6) is 0 Å². The van der Waals surface area contributed by atoms with Crippen LogP contribution in [0.1, 0.15) is 43.4 Å². The van der Waals surface area contributed by atoms with Crippen LogP contribution < -0.4 is 5.32 Å². The topological polar surface area (TPSA) is 12.0 Å². The highest BCUT2D eigenvalue weighted by Gasteiger charge is 2.06. The molecule has 0 aliphatic carbocycles. The van der Waals surface area contributed by atoms with E-state index in [1.807, 2.05) is 0 Å². The molecule has 0 aliphatic heterocycles. The summed E-state index contributed by atoms with van der Waals surface area (Å²) in [5, 5.41) is 3.67. The molecule has 1 nitrogen and oxygen atoms in total. The van der Waals surface area contributed by atoms with Crippen molar-refractivity contribution in [3.05, 3.63) is 71.8 Å². The Labute approximate surface area is 123 Å². The largest absolute Gasteiger partial charge is 0.310 e. The van der Waals surface area contributed by atoms with E-state index in [1.54, 1.807) is 0 Å². The molecule has 0 saturated carbocycles. The summed E-state index contributed by atoms with van der Waals surface area (Å²) >= 11 is 0. The molecule has 1 atom stereocenters. The van der Waals surface area contributed by atoms with Crippen LogP contribution >= 0.6 is 0 Å². The smallest absolute Gasteiger partial charge is 0.0317 e. The molecular weight excluding hydrogens is 242 g/mol. The zero-order chi connectivity index (χ0) is 14.0. The zero-order valence-electron chi connectivity index (χ0n) is 12.4. The van der Waals surface area contributed by atoms with Crippen LogP contribution in [0.25, 0.3) is 0 Å². The molecule has 0 aliphatic rings. The van der Waals surface area contributed by atoms with Crippen molar-refractivity contribution in [1.29, 1.82) is 0 Å². The standard InChI is InChI=1S/C19H25N/c1-2-19(18-14-7-4-8-15-18)20-16-10-9-13-17-11-5-3-6-12-17/h3-8,11-12,14-15,19-20H,2,9-10,13,16H2,1H3. The van der Waals surface area contributed by atoms with Crippen LogP contribution in [-0.4, -0.2) is 6.54 Å². The highest BCUT2D eigenvalue weighted by atomic mass is 14.9. The van der Waals surface area contributed by atoms with Crippen molar-refractivity contribution in [2.75, 3.05) is 6.54 Å². The van der Waals surface area contributed by atoms with E-state index in [1.165, 1.54) is 30.4 Å². The van der Waals surface area contributed by atoms with E-state index in [2.05, 4.69) is 72.9 Å². The van der Waals surface area contributed by atoms with Crippen molar-refractivity contribution in [2.45, 2.75) is 38.6 Å². The molecule has 2 rings (SSSR count). The summed E-state index contributed by atoms with van der Waals surface area (Å²) in [5.74, 6) is 0. The van der Waals surface area contributed by atoms with Gasteiger partial charge in [0.25, 0.3) is 0 Å². The van der Waals surface area contributed by atoms with Crippen molar-refractivity contribution < 1.29 is 0 Å². The Morgan fingerprint density at radius 3 is 2.15 bits per heavy atom. The van der Waals surface area contributed by atoms with Crippen molar-refractivity contribution >= 4 is 0 Å². The van der Waals surface area contributed by atoms with Gasteiger partial charge in [0.2, 0.25) is 0 Å². The minimum atomic E-state index is 0.493. The monoisotopic (exact) mass is 267 g/mol. The summed E-state index contributed by atoms with van der Waals surface area (Å²) < 4.78 is 0. The van der Waals surface area contributed by atoms with E-state index in [-0.39, 0.29) is 0 Å². The quantitative estimate of drug-likeness (QED) is 0.681. The normalized spacial score (nSPS) is 12.2. The lowest BCUT2D eigenvalue weighted by atomic mass is 10.0. The van der Waals surface area contributed by atoms with Gasteiger partial charge in [-0.2, -0.15) is 0 Å². The van der Waals surface area contributed by atoms with Crippen LogP contribution in [0.3, 0.4) is 0 Å². The molecule has 1 heteroatoms. The minimum absolute atomic E-state index is 0.493. The molecule has 106 valence electrons. The van der Waals surface area contributed by atoms with Crippen LogP contribution in [0.4, 0.5) is 0 Å². The van der Waals surface area contributed by atoms with Gasteiger partial charge in [-0.25, -0.2) is 0 Å². The maximum Gasteiger partial charge on any atom is 0.0317 e. The molecule has 1 unspecified atom stereocenters. The maximum atomic E-state index is 3.67. The maximum absolute atomic E-state index is 3.67. The van der Waals surface area contributed by atoms with Gasteiger partial charge in [-0.05, 0) is 43.4 Å². The van der Waals surface area contributed by atoms with Crippen molar-refractivity contribution in [1.82, 2.24) is 5.32 Å². The molecule has 0 radical (unpaired) electrons. The summed E-state index contributed by atoms with van der Waals surface area (Å²) in [6, 6.07) is 22.0. The summed E-state index contributed by atoms with van der Waals surface area (Å²) in [5.41, 5.74) is 2.85. The lowest BCUT2D eigenvalue weighted by molar-refractivity contribution is 0.503. The van der Waals surface area contributed by atoms with Crippen LogP contribution in [0.2, 0.25) is 0 Å². The summed E-state index contributed by atoms with van der Waals surface area (Å²) in [6.45, 7) is 3.34. The third kappa shape index (κ3) is 4.82. The van der Waals surface area contributed by atoms with Crippen LogP contribution in [-0.2, 0) is 6.42 Å². The van der Waals surface area contributed by atoms with Crippen molar-refractivity contribution in [3.8, 4) is 0 Å². The van der Waals surface area contributed by atoms with E-state index in [4.69, 9.17) is 0 Å². The highest BCUT2D eigenvalue weighted by Crippen LogP contribution is 2.15. The molecule has 0 fully saturated rings. The second-order valence-electron chi connectivity index (χ2n) is 5.27. The number of hydrogen-bond acceptors (Lipinski definition) is 1. The minimum Gasteiger partial charge on any atom is -0.310 e. The number of rotatable bonds is 8. The Balaban J connectivity index is 1.67. The molecule has 1 N–H and O–H groups in total. The molecule has 2 aromatic carbocycles. The van der Waals surface area contributed by atoms with Gasteiger partial charge in [-0.15, -0.1) is 0 Å². The fourth-order valence-corrected chi connectivity index (χ4v) is 2.56. The molecule has 0 bridgehead atoms. The Hall–Kier alpha value is -1.60. The molecule has 0 heterocycles. The molecule has 0 spiro atoms. The first-order valence-electron chi connectivity index (χ1n) is 7.72. The lowest BCUT2D eigenvalue weighted by Gasteiger charge is -2.17. The third-order valence-electron chi connectivity index (χ3n) is 3.74. The van der Waals surface area contributed by atoms with E-state index in [9.17, 15) is 0 Å². The van der Waals surface area contributed by atoms with Gasteiger partial charge in [0.1, 0.15) is 0 Å². The first-order chi connectivity index (χ1) is 9.90.